The summed E-state index contributed by atoms with van der Waals surface area (Å²) in [6, 6.07) is 2.28. The van der Waals surface area contributed by atoms with Crippen LogP contribution in [0.15, 0.2) is 17.0 Å². The molecule has 0 amide bonds. The summed E-state index contributed by atoms with van der Waals surface area (Å²) < 4.78 is 40.8. The van der Waals surface area contributed by atoms with Gasteiger partial charge in [0.1, 0.15) is 5.82 Å². The Morgan fingerprint density at radius 3 is 2.65 bits per heavy atom. The summed E-state index contributed by atoms with van der Waals surface area (Å²) in [4.78, 5) is 0.0608. The normalized spacial score (nSPS) is 17.1. The standard InChI is InChI=1S/C14H21FN2O2S/c1-3-11(7-10-4-5-10)17-20(18,19)14-8-13(16)12(15)6-9(14)2/h6,8,10-11,17H,3-5,7,16H2,1-2H3. The lowest BCUT2D eigenvalue weighted by Gasteiger charge is -2.18. The van der Waals surface area contributed by atoms with E-state index in [2.05, 4.69) is 4.72 Å². The van der Waals surface area contributed by atoms with Gasteiger partial charge in [0.05, 0.1) is 10.6 Å². The van der Waals surface area contributed by atoms with Gasteiger partial charge in [-0.1, -0.05) is 19.8 Å². The third kappa shape index (κ3) is 3.49. The Morgan fingerprint density at radius 1 is 1.45 bits per heavy atom. The number of nitrogens with two attached hydrogens (primary N) is 1. The van der Waals surface area contributed by atoms with E-state index in [0.29, 0.717) is 11.5 Å². The van der Waals surface area contributed by atoms with Crippen LogP contribution in [0, 0.1) is 18.7 Å². The quantitative estimate of drug-likeness (QED) is 0.793. The first-order chi connectivity index (χ1) is 9.33. The Kier molecular flexibility index (Phi) is 4.34. The number of hydrogen-bond donors (Lipinski definition) is 2. The van der Waals surface area contributed by atoms with Crippen LogP contribution >= 0.6 is 0 Å². The molecule has 1 aromatic carbocycles. The summed E-state index contributed by atoms with van der Waals surface area (Å²) in [5, 5.41) is 0. The topological polar surface area (TPSA) is 72.2 Å². The fourth-order valence-corrected chi connectivity index (χ4v) is 3.89. The molecule has 6 heteroatoms. The van der Waals surface area contributed by atoms with Crippen molar-refractivity contribution in [3.63, 3.8) is 0 Å². The molecule has 3 N–H and O–H groups in total. The van der Waals surface area contributed by atoms with Crippen LogP contribution < -0.4 is 10.5 Å². The molecule has 0 saturated heterocycles. The summed E-state index contributed by atoms with van der Waals surface area (Å²) in [6.07, 6.45) is 3.97. The van der Waals surface area contributed by atoms with Gasteiger partial charge in [-0.3, -0.25) is 0 Å². The minimum atomic E-state index is -3.66. The SMILES string of the molecule is CCC(CC1CC1)NS(=O)(=O)c1cc(N)c(F)cc1C. The van der Waals surface area contributed by atoms with E-state index < -0.39 is 15.8 Å². The highest BCUT2D eigenvalue weighted by Crippen LogP contribution is 2.34. The van der Waals surface area contributed by atoms with E-state index in [-0.39, 0.29) is 16.6 Å². The molecular formula is C14H21FN2O2S. The van der Waals surface area contributed by atoms with E-state index in [1.54, 1.807) is 6.92 Å². The number of sulfonamides is 1. The van der Waals surface area contributed by atoms with E-state index in [0.717, 1.165) is 18.9 Å². The van der Waals surface area contributed by atoms with E-state index >= 15 is 0 Å². The Bertz CT molecular complexity index is 597. The van der Waals surface area contributed by atoms with E-state index in [4.69, 9.17) is 5.73 Å². The van der Waals surface area contributed by atoms with Crippen molar-refractivity contribution in [1.29, 1.82) is 0 Å². The maximum Gasteiger partial charge on any atom is 0.241 e. The second-order valence-corrected chi connectivity index (χ2v) is 7.23. The molecule has 4 nitrogen and oxygen atoms in total. The first kappa shape index (κ1) is 15.3. The Morgan fingerprint density at radius 2 is 2.10 bits per heavy atom. The highest BCUT2D eigenvalue weighted by molar-refractivity contribution is 7.89. The number of nitrogen functional groups attached to an aromatic ring is 1. The van der Waals surface area contributed by atoms with Crippen LogP contribution in [-0.4, -0.2) is 14.5 Å². The van der Waals surface area contributed by atoms with Crippen molar-refractivity contribution in [3.05, 3.63) is 23.5 Å². The van der Waals surface area contributed by atoms with E-state index in [1.165, 1.54) is 18.9 Å². The summed E-state index contributed by atoms with van der Waals surface area (Å²) in [5.41, 5.74) is 5.69. The van der Waals surface area contributed by atoms with Gasteiger partial charge in [-0.15, -0.1) is 0 Å². The lowest BCUT2D eigenvalue weighted by molar-refractivity contribution is 0.495. The minimum Gasteiger partial charge on any atom is -0.396 e. The van der Waals surface area contributed by atoms with Crippen LogP contribution in [0.2, 0.25) is 0 Å². The van der Waals surface area contributed by atoms with Crippen LogP contribution in [0.25, 0.3) is 0 Å². The molecule has 1 fully saturated rings. The van der Waals surface area contributed by atoms with Crippen LogP contribution in [-0.2, 0) is 10.0 Å². The second kappa shape index (κ2) is 5.69. The van der Waals surface area contributed by atoms with Crippen molar-refractivity contribution in [3.8, 4) is 0 Å². The third-order valence-corrected chi connectivity index (χ3v) is 5.38. The van der Waals surface area contributed by atoms with Gasteiger partial charge in [-0.05, 0) is 43.4 Å². The number of hydrogen-bond acceptors (Lipinski definition) is 3. The second-order valence-electron chi connectivity index (χ2n) is 5.54. The molecule has 1 unspecified atom stereocenters. The maximum absolute atomic E-state index is 13.3. The molecule has 0 aromatic heterocycles. The molecule has 20 heavy (non-hydrogen) atoms. The monoisotopic (exact) mass is 300 g/mol. The van der Waals surface area contributed by atoms with Gasteiger partial charge < -0.3 is 5.73 Å². The molecule has 0 spiro atoms. The fourth-order valence-electron chi connectivity index (χ4n) is 2.30. The van der Waals surface area contributed by atoms with Gasteiger partial charge in [0.2, 0.25) is 10.0 Å². The Hall–Kier alpha value is -1.14. The highest BCUT2D eigenvalue weighted by Gasteiger charge is 2.28. The molecule has 0 heterocycles. The summed E-state index contributed by atoms with van der Waals surface area (Å²) in [7, 11) is -3.66. The molecule has 1 saturated carbocycles. The minimum absolute atomic E-state index is 0.0608. The van der Waals surface area contributed by atoms with Gasteiger partial charge in [0.25, 0.3) is 0 Å². The smallest absolute Gasteiger partial charge is 0.241 e. The zero-order chi connectivity index (χ0) is 14.9. The highest BCUT2D eigenvalue weighted by atomic mass is 32.2. The number of aryl methyl sites for hydroxylation is 1. The van der Waals surface area contributed by atoms with Crippen LogP contribution in [0.4, 0.5) is 10.1 Å². The van der Waals surface area contributed by atoms with E-state index in [9.17, 15) is 12.8 Å². The Balaban J connectivity index is 2.22. The summed E-state index contributed by atoms with van der Waals surface area (Å²) in [6.45, 7) is 3.53. The molecule has 1 atom stereocenters. The lowest BCUT2D eigenvalue weighted by atomic mass is 10.1. The number of halogens is 1. The zero-order valence-corrected chi connectivity index (χ0v) is 12.6. The predicted molar refractivity (Wildman–Crippen MR) is 77.3 cm³/mol. The van der Waals surface area contributed by atoms with Gasteiger partial charge in [0.15, 0.2) is 0 Å². The first-order valence-corrected chi connectivity index (χ1v) is 8.39. The van der Waals surface area contributed by atoms with Crippen LogP contribution in [0.5, 0.6) is 0 Å². The van der Waals surface area contributed by atoms with Crippen molar-refractivity contribution >= 4 is 15.7 Å². The molecule has 0 radical (unpaired) electrons. The van der Waals surface area contributed by atoms with Crippen molar-refractivity contribution in [2.75, 3.05) is 5.73 Å². The number of nitrogens with one attached hydrogen (secondary N) is 1. The molecular weight excluding hydrogens is 279 g/mol. The first-order valence-electron chi connectivity index (χ1n) is 6.91. The molecule has 2 rings (SSSR count). The Labute approximate surface area is 119 Å². The lowest BCUT2D eigenvalue weighted by Crippen LogP contribution is -2.35. The van der Waals surface area contributed by atoms with Crippen molar-refractivity contribution < 1.29 is 12.8 Å². The van der Waals surface area contributed by atoms with Crippen molar-refractivity contribution in [2.24, 2.45) is 5.92 Å². The zero-order valence-electron chi connectivity index (χ0n) is 11.8. The van der Waals surface area contributed by atoms with Crippen LogP contribution in [0.3, 0.4) is 0 Å². The predicted octanol–water partition coefficient (Wildman–Crippen LogP) is 2.57. The fraction of sp³-hybridized carbons (Fsp3) is 0.571. The van der Waals surface area contributed by atoms with Crippen molar-refractivity contribution in [1.82, 2.24) is 4.72 Å². The summed E-state index contributed by atoms with van der Waals surface area (Å²) in [5.74, 6) is 0.0495. The van der Waals surface area contributed by atoms with E-state index in [1.807, 2.05) is 6.92 Å². The summed E-state index contributed by atoms with van der Waals surface area (Å²) >= 11 is 0. The average molecular weight is 300 g/mol. The largest absolute Gasteiger partial charge is 0.396 e. The van der Waals surface area contributed by atoms with Gasteiger partial charge in [-0.2, -0.15) is 0 Å². The molecule has 0 bridgehead atoms. The third-order valence-electron chi connectivity index (χ3n) is 3.71. The molecule has 1 aromatic rings. The number of rotatable bonds is 6. The molecule has 112 valence electrons. The number of anilines is 1. The molecule has 1 aliphatic carbocycles. The molecule has 0 aliphatic heterocycles. The van der Waals surface area contributed by atoms with Crippen molar-refractivity contribution in [2.45, 2.75) is 50.5 Å². The van der Waals surface area contributed by atoms with Gasteiger partial charge in [-0.25, -0.2) is 17.5 Å². The number of benzene rings is 1. The average Bonchev–Trinajstić information content (AvgIpc) is 3.16. The van der Waals surface area contributed by atoms with Gasteiger partial charge >= 0.3 is 0 Å². The maximum atomic E-state index is 13.3. The van der Waals surface area contributed by atoms with Gasteiger partial charge in [0, 0.05) is 6.04 Å². The van der Waals surface area contributed by atoms with Crippen LogP contribution in [0.1, 0.15) is 38.2 Å². The molecule has 1 aliphatic rings.